The Kier molecular flexibility index (Phi) is 7.89. The fourth-order valence-electron chi connectivity index (χ4n) is 4.94. The first kappa shape index (κ1) is 28.4. The van der Waals surface area contributed by atoms with Crippen molar-refractivity contribution in [3.63, 3.8) is 0 Å². The maximum absolute atomic E-state index is 14.1. The van der Waals surface area contributed by atoms with E-state index in [1.165, 1.54) is 26.4 Å². The predicted octanol–water partition coefficient (Wildman–Crippen LogP) is 4.78. The molecule has 2 aromatic heterocycles. The minimum atomic E-state index is -4.90. The van der Waals surface area contributed by atoms with Gasteiger partial charge in [0.2, 0.25) is 11.7 Å². The van der Waals surface area contributed by atoms with Crippen molar-refractivity contribution < 1.29 is 27.4 Å². The first-order valence-electron chi connectivity index (χ1n) is 12.9. The summed E-state index contributed by atoms with van der Waals surface area (Å²) < 4.78 is 53.5. The van der Waals surface area contributed by atoms with Crippen molar-refractivity contribution in [1.82, 2.24) is 19.9 Å². The van der Waals surface area contributed by atoms with Crippen molar-refractivity contribution in [2.75, 3.05) is 25.7 Å². The summed E-state index contributed by atoms with van der Waals surface area (Å²) in [5.74, 6) is -0.838. The number of benzene rings is 2. The maximum Gasteiger partial charge on any atom is 0.449 e. The number of rotatable bonds is 8. The van der Waals surface area contributed by atoms with Crippen molar-refractivity contribution >= 4 is 32.7 Å². The summed E-state index contributed by atoms with van der Waals surface area (Å²) in [6, 6.07) is 13.3. The molecule has 1 aliphatic heterocycles. The summed E-state index contributed by atoms with van der Waals surface area (Å²) in [6.07, 6.45) is -3.66. The lowest BCUT2D eigenvalue weighted by molar-refractivity contribution is -0.147. The molecule has 216 valence electrons. The molecule has 1 saturated heterocycles. The minimum absolute atomic E-state index is 0.140. The summed E-state index contributed by atoms with van der Waals surface area (Å²) in [7, 11) is 2.83. The van der Waals surface area contributed by atoms with Crippen LogP contribution in [-0.2, 0) is 17.5 Å². The largest absolute Gasteiger partial charge is 0.497 e. The molecule has 0 spiro atoms. The Hall–Kier alpha value is -4.13. The second-order valence-corrected chi connectivity index (χ2v) is 10.6. The number of aromatic nitrogens is 3. The molecule has 1 amide bonds. The topological polar surface area (TPSA) is 98.6 Å². The summed E-state index contributed by atoms with van der Waals surface area (Å²) >= 11 is 0.872. The van der Waals surface area contributed by atoms with Gasteiger partial charge in [0, 0.05) is 18.2 Å². The van der Waals surface area contributed by atoms with Crippen LogP contribution >= 0.6 is 11.3 Å². The zero-order chi connectivity index (χ0) is 29.3. The lowest BCUT2D eigenvalue weighted by Gasteiger charge is -2.25. The normalized spacial score (nSPS) is 16.1. The van der Waals surface area contributed by atoms with E-state index in [2.05, 4.69) is 15.3 Å². The third-order valence-electron chi connectivity index (χ3n) is 7.04. The molecule has 0 saturated carbocycles. The second kappa shape index (κ2) is 11.4. The third-order valence-corrected chi connectivity index (χ3v) is 8.03. The fourth-order valence-corrected chi connectivity index (χ4v) is 5.95. The van der Waals surface area contributed by atoms with Crippen LogP contribution in [0.5, 0.6) is 11.5 Å². The number of anilines is 1. The Morgan fingerprint density at radius 1 is 1.15 bits per heavy atom. The summed E-state index contributed by atoms with van der Waals surface area (Å²) in [6.45, 7) is 1.91. The van der Waals surface area contributed by atoms with E-state index < -0.39 is 30.1 Å². The molecular weight excluding hydrogens is 559 g/mol. The zero-order valence-corrected chi connectivity index (χ0v) is 23.4. The van der Waals surface area contributed by atoms with Gasteiger partial charge in [0.15, 0.2) is 15.5 Å². The van der Waals surface area contributed by atoms with E-state index in [4.69, 9.17) is 9.47 Å². The second-order valence-electron chi connectivity index (χ2n) is 9.64. The van der Waals surface area contributed by atoms with Crippen molar-refractivity contribution in [2.24, 2.45) is 0 Å². The van der Waals surface area contributed by atoms with E-state index in [9.17, 15) is 22.8 Å². The molecule has 0 aliphatic carbocycles. The average Bonchev–Trinajstić information content (AvgIpc) is 3.62. The number of hydrogen-bond acceptors (Lipinski definition) is 8. The molecule has 1 aliphatic rings. The van der Waals surface area contributed by atoms with Gasteiger partial charge in [0.25, 0.3) is 5.56 Å². The van der Waals surface area contributed by atoms with Gasteiger partial charge in [-0.05, 0) is 37.5 Å². The number of methoxy groups -OCH3 is 2. The van der Waals surface area contributed by atoms with Gasteiger partial charge >= 0.3 is 6.18 Å². The number of nitrogens with one attached hydrogen (secondary N) is 1. The molecule has 1 unspecified atom stereocenters. The standard InChI is InChI=1S/C28H28F3N5O4S/c1-16(17-8-5-4-6-9-17)32-23(37)20-10-7-13-35(20)27-33-22-24(41-27)34-26(28(29,30)31)36(25(22)38)15-18-11-12-19(39-2)14-21(18)40-3/h4-6,8-9,11-12,14,16,20H,7,10,13,15H2,1-3H3,(H,32,37)/t16-,20?/m1/s1. The van der Waals surface area contributed by atoms with Gasteiger partial charge < -0.3 is 19.7 Å². The zero-order valence-electron chi connectivity index (χ0n) is 22.6. The van der Waals surface area contributed by atoms with Crippen molar-refractivity contribution in [3.8, 4) is 11.5 Å². The lowest BCUT2D eigenvalue weighted by Crippen LogP contribution is -2.44. The summed E-state index contributed by atoms with van der Waals surface area (Å²) in [5.41, 5.74) is 0.166. The molecule has 0 radical (unpaired) electrons. The number of hydrogen-bond donors (Lipinski definition) is 1. The molecule has 3 heterocycles. The Morgan fingerprint density at radius 2 is 1.90 bits per heavy atom. The van der Waals surface area contributed by atoms with E-state index in [1.54, 1.807) is 11.0 Å². The van der Waals surface area contributed by atoms with Crippen LogP contribution in [0.2, 0.25) is 0 Å². The fraction of sp³-hybridized carbons (Fsp3) is 0.357. The SMILES string of the molecule is COc1ccc(Cn2c(C(F)(F)F)nc3sc(N4CCCC4C(=O)N[C@H](C)c4ccccc4)nc3c2=O)c(OC)c1. The maximum atomic E-state index is 14.1. The van der Waals surface area contributed by atoms with E-state index in [-0.39, 0.29) is 33.2 Å². The number of nitrogens with zero attached hydrogens (tertiary/aromatic N) is 4. The van der Waals surface area contributed by atoms with Crippen LogP contribution in [0.4, 0.5) is 18.3 Å². The van der Waals surface area contributed by atoms with Crippen LogP contribution in [0, 0.1) is 0 Å². The molecule has 4 aromatic rings. The van der Waals surface area contributed by atoms with Crippen LogP contribution in [-0.4, -0.2) is 47.2 Å². The number of alkyl halides is 3. The third kappa shape index (κ3) is 5.71. The highest BCUT2D eigenvalue weighted by Gasteiger charge is 2.39. The first-order valence-corrected chi connectivity index (χ1v) is 13.7. The number of carbonyl (C=O) groups excluding carboxylic acids is 1. The Bertz CT molecular complexity index is 1620. The number of thiazole rings is 1. The van der Waals surface area contributed by atoms with Crippen molar-refractivity contribution in [2.45, 2.75) is 44.6 Å². The highest BCUT2D eigenvalue weighted by atomic mass is 32.1. The lowest BCUT2D eigenvalue weighted by atomic mass is 10.1. The smallest absolute Gasteiger partial charge is 0.449 e. The summed E-state index contributed by atoms with van der Waals surface area (Å²) in [4.78, 5) is 36.5. The molecule has 2 atom stereocenters. The minimum Gasteiger partial charge on any atom is -0.497 e. The highest BCUT2D eigenvalue weighted by molar-refractivity contribution is 7.21. The number of carbonyl (C=O) groups is 1. The van der Waals surface area contributed by atoms with E-state index >= 15 is 0 Å². The van der Waals surface area contributed by atoms with E-state index in [0.717, 1.165) is 16.9 Å². The van der Waals surface area contributed by atoms with Crippen LogP contribution in [0.15, 0.2) is 53.3 Å². The Balaban J connectivity index is 1.49. The van der Waals surface area contributed by atoms with Crippen LogP contribution in [0.25, 0.3) is 10.3 Å². The van der Waals surface area contributed by atoms with Gasteiger partial charge in [-0.3, -0.25) is 14.2 Å². The number of halogens is 3. The van der Waals surface area contributed by atoms with Gasteiger partial charge in [-0.2, -0.15) is 13.2 Å². The average molecular weight is 588 g/mol. The van der Waals surface area contributed by atoms with Crippen LogP contribution < -0.4 is 25.2 Å². The highest BCUT2D eigenvalue weighted by Crippen LogP contribution is 2.35. The van der Waals surface area contributed by atoms with E-state index in [1.807, 2.05) is 37.3 Å². The molecule has 5 rings (SSSR count). The molecule has 1 fully saturated rings. The Labute approximate surface area is 237 Å². The number of amides is 1. The quantitative estimate of drug-likeness (QED) is 0.317. The molecule has 13 heteroatoms. The number of ether oxygens (including phenoxy) is 2. The van der Waals surface area contributed by atoms with Crippen molar-refractivity contribution in [3.05, 3.63) is 75.8 Å². The monoisotopic (exact) mass is 587 g/mol. The van der Waals surface area contributed by atoms with Gasteiger partial charge in [-0.25, -0.2) is 9.97 Å². The van der Waals surface area contributed by atoms with Gasteiger partial charge in [0.1, 0.15) is 17.5 Å². The molecule has 9 nitrogen and oxygen atoms in total. The molecule has 41 heavy (non-hydrogen) atoms. The van der Waals surface area contributed by atoms with Crippen molar-refractivity contribution in [1.29, 1.82) is 0 Å². The molecular formula is C28H28F3N5O4S. The van der Waals surface area contributed by atoms with Gasteiger partial charge in [-0.1, -0.05) is 41.7 Å². The predicted molar refractivity (Wildman–Crippen MR) is 149 cm³/mol. The first-order chi connectivity index (χ1) is 19.6. The van der Waals surface area contributed by atoms with Crippen LogP contribution in [0.1, 0.15) is 42.8 Å². The molecule has 1 N–H and O–H groups in total. The van der Waals surface area contributed by atoms with E-state index in [0.29, 0.717) is 35.3 Å². The number of fused-ring (bicyclic) bond motifs is 1. The summed E-state index contributed by atoms with van der Waals surface area (Å²) in [5, 5.41) is 3.29. The van der Waals surface area contributed by atoms with Gasteiger partial charge in [-0.15, -0.1) is 0 Å². The van der Waals surface area contributed by atoms with Crippen LogP contribution in [0.3, 0.4) is 0 Å². The Morgan fingerprint density at radius 3 is 2.59 bits per heavy atom. The molecule has 0 bridgehead atoms. The van der Waals surface area contributed by atoms with Gasteiger partial charge in [0.05, 0.1) is 26.8 Å². The molecule has 2 aromatic carbocycles.